The van der Waals surface area contributed by atoms with Gasteiger partial charge in [-0.05, 0) is 30.6 Å². The fourth-order valence-electron chi connectivity index (χ4n) is 1.71. The van der Waals surface area contributed by atoms with Crippen LogP contribution in [0.15, 0.2) is 18.2 Å². The van der Waals surface area contributed by atoms with E-state index in [1.165, 1.54) is 0 Å². The summed E-state index contributed by atoms with van der Waals surface area (Å²) in [6, 6.07) is 2.74. The van der Waals surface area contributed by atoms with Crippen molar-refractivity contribution in [1.82, 2.24) is 4.90 Å². The molecule has 1 heterocycles. The number of hydrogen-bond acceptors (Lipinski definition) is 2. The largest absolute Gasteiger partial charge is 0.382 e. The summed E-state index contributed by atoms with van der Waals surface area (Å²) in [5.41, 5.74) is -1.69. The van der Waals surface area contributed by atoms with E-state index in [2.05, 4.69) is 0 Å². The third kappa shape index (κ3) is 1.95. The maximum Gasteiger partial charge on any atom is 0.159 e. The van der Waals surface area contributed by atoms with Crippen molar-refractivity contribution in [2.24, 2.45) is 0 Å². The Morgan fingerprint density at radius 2 is 2.25 bits per heavy atom. The van der Waals surface area contributed by atoms with Crippen molar-refractivity contribution in [3.05, 3.63) is 35.4 Å². The average Bonchev–Trinajstić information content (AvgIpc) is 2.36. The lowest BCUT2D eigenvalue weighted by Crippen LogP contribution is -2.59. The van der Waals surface area contributed by atoms with Crippen LogP contribution < -0.4 is 0 Å². The van der Waals surface area contributed by atoms with Crippen LogP contribution in [0.1, 0.15) is 28.4 Å². The minimum atomic E-state index is -3.20. The third-order valence-corrected chi connectivity index (χ3v) is 2.58. The molecule has 0 radical (unpaired) electrons. The van der Waals surface area contributed by atoms with Crippen molar-refractivity contribution < 1.29 is 23.5 Å². The topological polar surface area (TPSA) is 23.5 Å². The van der Waals surface area contributed by atoms with Crippen LogP contribution in [-0.4, -0.2) is 29.6 Å². The molecule has 0 amide bonds. The van der Waals surface area contributed by atoms with Crippen molar-refractivity contribution in [3.63, 3.8) is 0 Å². The zero-order valence-corrected chi connectivity index (χ0v) is 8.30. The minimum Gasteiger partial charge on any atom is -0.382 e. The van der Waals surface area contributed by atoms with E-state index >= 15 is 0 Å². The molecule has 1 fully saturated rings. The second-order valence-corrected chi connectivity index (χ2v) is 3.75. The first-order valence-corrected chi connectivity index (χ1v) is 4.65. The average molecular weight is 234 g/mol. The van der Waals surface area contributed by atoms with Crippen molar-refractivity contribution in [3.8, 4) is 0 Å². The van der Waals surface area contributed by atoms with E-state index in [-0.39, 0.29) is 5.56 Å². The maximum atomic E-state index is 13.2. The highest BCUT2D eigenvalue weighted by Gasteiger charge is 2.42. The number of aliphatic hydroxyl groups is 1. The fourth-order valence-corrected chi connectivity index (χ4v) is 1.71. The molecule has 0 aromatic heterocycles. The third-order valence-electron chi connectivity index (χ3n) is 2.58. The monoisotopic (exact) mass is 234 g/mol. The molecule has 4 heteroatoms. The highest BCUT2D eigenvalue weighted by molar-refractivity contribution is 5.27. The molecule has 2 rings (SSSR count). The van der Waals surface area contributed by atoms with Crippen LogP contribution >= 0.6 is 0 Å². The Labute approximate surface area is 103 Å². The standard InChI is InChI=1S/C12H15F2NO/c1-2-5-15-7-12(16,8-15)9-3-4-10(13)11(14)6-9/h3-4,6,16H,2,5,7-8H2,1H3/i1D3,2D2,5D2. The van der Waals surface area contributed by atoms with Gasteiger partial charge in [-0.15, -0.1) is 0 Å². The van der Waals surface area contributed by atoms with Crippen LogP contribution in [0.3, 0.4) is 0 Å². The van der Waals surface area contributed by atoms with Gasteiger partial charge in [0.1, 0.15) is 5.60 Å². The van der Waals surface area contributed by atoms with Crippen LogP contribution in [0.2, 0.25) is 0 Å². The summed E-state index contributed by atoms with van der Waals surface area (Å²) in [7, 11) is 0. The Balaban J connectivity index is 2.21. The Morgan fingerprint density at radius 1 is 1.50 bits per heavy atom. The summed E-state index contributed by atoms with van der Waals surface area (Å²) >= 11 is 0. The number of rotatable bonds is 3. The molecule has 0 unspecified atom stereocenters. The molecule has 2 nitrogen and oxygen atoms in total. The zero-order valence-electron chi connectivity index (χ0n) is 15.3. The molecule has 0 atom stereocenters. The molecule has 1 saturated heterocycles. The lowest BCUT2D eigenvalue weighted by Gasteiger charge is -2.46. The number of benzene rings is 1. The lowest BCUT2D eigenvalue weighted by molar-refractivity contribution is -0.103. The first-order valence-electron chi connectivity index (χ1n) is 8.15. The van der Waals surface area contributed by atoms with E-state index in [0.29, 0.717) is 0 Å². The Bertz CT molecular complexity index is 614. The van der Waals surface area contributed by atoms with E-state index in [0.717, 1.165) is 23.1 Å². The highest BCUT2D eigenvalue weighted by Crippen LogP contribution is 2.32. The van der Waals surface area contributed by atoms with Crippen LogP contribution in [0.25, 0.3) is 0 Å². The summed E-state index contributed by atoms with van der Waals surface area (Å²) in [6.07, 6.45) is -3.17. The Hall–Kier alpha value is -1.00. The molecule has 16 heavy (non-hydrogen) atoms. The Kier molecular flexibility index (Phi) is 1.43. The first kappa shape index (κ1) is 5.56. The molecule has 0 spiro atoms. The number of β-amino-alcohol motifs (C(OH)–C–C–N with tert-alkyl or cyclic N) is 1. The summed E-state index contributed by atoms with van der Waals surface area (Å²) in [4.78, 5) is 0.820. The number of likely N-dealkylation sites (tertiary alicyclic amines) is 1. The van der Waals surface area contributed by atoms with Gasteiger partial charge in [-0.25, -0.2) is 8.78 Å². The van der Waals surface area contributed by atoms with Crippen molar-refractivity contribution in [2.75, 3.05) is 19.6 Å². The normalized spacial score (nSPS) is 28.6. The quantitative estimate of drug-likeness (QED) is 0.863. The molecule has 1 aliphatic heterocycles. The van der Waals surface area contributed by atoms with Gasteiger partial charge in [-0.2, -0.15) is 0 Å². The van der Waals surface area contributed by atoms with E-state index in [4.69, 9.17) is 9.60 Å². The number of halogens is 2. The van der Waals surface area contributed by atoms with Crippen molar-refractivity contribution in [1.29, 1.82) is 0 Å². The maximum absolute atomic E-state index is 13.2. The molecule has 0 bridgehead atoms. The molecular formula is C12H15F2NO. The van der Waals surface area contributed by atoms with Crippen LogP contribution in [0.5, 0.6) is 0 Å². The number of hydrogen-bond donors (Lipinski definition) is 1. The van der Waals surface area contributed by atoms with Gasteiger partial charge in [0, 0.05) is 22.7 Å². The van der Waals surface area contributed by atoms with Gasteiger partial charge < -0.3 is 5.11 Å². The first-order chi connectivity index (χ1) is 10.2. The molecule has 1 N–H and O–H groups in total. The second-order valence-electron chi connectivity index (χ2n) is 3.75. The molecule has 1 aromatic rings. The van der Waals surface area contributed by atoms with Crippen LogP contribution in [0.4, 0.5) is 8.78 Å². The highest BCUT2D eigenvalue weighted by atomic mass is 19.2. The molecule has 1 aromatic carbocycles. The smallest absolute Gasteiger partial charge is 0.159 e. The van der Waals surface area contributed by atoms with Gasteiger partial charge in [-0.1, -0.05) is 12.9 Å². The van der Waals surface area contributed by atoms with E-state index in [1.54, 1.807) is 0 Å². The zero-order chi connectivity index (χ0) is 17.8. The van der Waals surface area contributed by atoms with E-state index in [9.17, 15) is 13.9 Å². The summed E-state index contributed by atoms with van der Waals surface area (Å²) in [6.45, 7) is -6.96. The van der Waals surface area contributed by atoms with E-state index in [1.807, 2.05) is 0 Å². The van der Waals surface area contributed by atoms with Crippen LogP contribution in [0, 0.1) is 11.6 Å². The summed E-state index contributed by atoms with van der Waals surface area (Å²) in [5, 5.41) is 10.3. The lowest BCUT2D eigenvalue weighted by atomic mass is 9.86. The van der Waals surface area contributed by atoms with E-state index < -0.39 is 50.0 Å². The SMILES string of the molecule is [2H]C([2H])([2H])C([2H])([2H])C([2H])([2H])N1CC(O)(c2ccc(F)c(F)c2)C1. The van der Waals surface area contributed by atoms with Crippen molar-refractivity contribution >= 4 is 0 Å². The molecule has 0 saturated carbocycles. The molecule has 0 aliphatic carbocycles. The Morgan fingerprint density at radius 3 is 2.88 bits per heavy atom. The van der Waals surface area contributed by atoms with Crippen LogP contribution in [-0.2, 0) is 5.60 Å². The van der Waals surface area contributed by atoms with Gasteiger partial charge in [0.05, 0.1) is 0 Å². The molecular weight excluding hydrogens is 212 g/mol. The second kappa shape index (κ2) is 4.11. The number of nitrogens with zero attached hydrogens (tertiary/aromatic N) is 1. The molecule has 1 aliphatic rings. The van der Waals surface area contributed by atoms with Gasteiger partial charge in [-0.3, -0.25) is 4.90 Å². The van der Waals surface area contributed by atoms with Crippen molar-refractivity contribution in [2.45, 2.75) is 18.8 Å². The fraction of sp³-hybridized carbons (Fsp3) is 0.500. The summed E-state index contributed by atoms with van der Waals surface area (Å²) < 4.78 is 78.2. The minimum absolute atomic E-state index is 0.0119. The van der Waals surface area contributed by atoms with Gasteiger partial charge >= 0.3 is 0 Å². The van der Waals surface area contributed by atoms with Gasteiger partial charge in [0.25, 0.3) is 0 Å². The molecule has 88 valence electrons. The van der Waals surface area contributed by atoms with Gasteiger partial charge in [0.15, 0.2) is 11.6 Å². The predicted molar refractivity (Wildman–Crippen MR) is 57.0 cm³/mol. The summed E-state index contributed by atoms with van der Waals surface area (Å²) in [5.74, 6) is -2.27. The van der Waals surface area contributed by atoms with Gasteiger partial charge in [0.2, 0.25) is 0 Å². The predicted octanol–water partition coefficient (Wildman–Crippen LogP) is 1.88.